The molecule has 0 nitrogen and oxygen atoms in total. The Labute approximate surface area is 157 Å². The van der Waals surface area contributed by atoms with Crippen molar-refractivity contribution in [3.63, 3.8) is 0 Å². The van der Waals surface area contributed by atoms with E-state index in [0.717, 1.165) is 43.2 Å². The number of rotatable bonds is 4. The summed E-state index contributed by atoms with van der Waals surface area (Å²) in [7, 11) is 0. The SMILES string of the molecule is CCCc1ccc(C#CC2CCC(c3ccc(CC)cc3)CC2)cc1F. The van der Waals surface area contributed by atoms with Crippen LogP contribution in [0, 0.1) is 23.6 Å². The minimum Gasteiger partial charge on any atom is -0.207 e. The molecular weight excluding hydrogens is 319 g/mol. The first-order valence-corrected chi connectivity index (χ1v) is 10.1. The second-order valence-corrected chi connectivity index (χ2v) is 7.47. The van der Waals surface area contributed by atoms with Gasteiger partial charge in [0.05, 0.1) is 0 Å². The lowest BCUT2D eigenvalue weighted by Crippen LogP contribution is -2.12. The van der Waals surface area contributed by atoms with E-state index in [1.165, 1.54) is 24.0 Å². The minimum atomic E-state index is -0.113. The number of halogens is 1. The second-order valence-electron chi connectivity index (χ2n) is 7.47. The van der Waals surface area contributed by atoms with E-state index in [-0.39, 0.29) is 5.82 Å². The Hall–Kier alpha value is -2.07. The van der Waals surface area contributed by atoms with Crippen molar-refractivity contribution < 1.29 is 4.39 Å². The van der Waals surface area contributed by atoms with Gasteiger partial charge in [0.15, 0.2) is 0 Å². The molecule has 0 amide bonds. The van der Waals surface area contributed by atoms with Gasteiger partial charge in [-0.1, -0.05) is 62.4 Å². The Kier molecular flexibility index (Phi) is 6.51. The third kappa shape index (κ3) is 4.76. The van der Waals surface area contributed by atoms with Gasteiger partial charge in [0, 0.05) is 11.5 Å². The first-order chi connectivity index (χ1) is 12.7. The molecule has 0 spiro atoms. The molecule has 1 fully saturated rings. The van der Waals surface area contributed by atoms with Crippen LogP contribution in [-0.2, 0) is 12.8 Å². The quantitative estimate of drug-likeness (QED) is 0.542. The molecule has 1 aliphatic rings. The summed E-state index contributed by atoms with van der Waals surface area (Å²) >= 11 is 0. The molecule has 0 heterocycles. The van der Waals surface area contributed by atoms with Crippen LogP contribution in [0.5, 0.6) is 0 Å². The van der Waals surface area contributed by atoms with Gasteiger partial charge in [-0.05, 0) is 73.3 Å². The maximum atomic E-state index is 14.0. The van der Waals surface area contributed by atoms with Crippen molar-refractivity contribution in [2.75, 3.05) is 0 Å². The monoisotopic (exact) mass is 348 g/mol. The van der Waals surface area contributed by atoms with Gasteiger partial charge in [-0.25, -0.2) is 4.39 Å². The molecule has 0 aliphatic heterocycles. The molecular formula is C25H29F. The minimum absolute atomic E-state index is 0.113. The summed E-state index contributed by atoms with van der Waals surface area (Å²) in [6.07, 6.45) is 7.55. The van der Waals surface area contributed by atoms with Crippen LogP contribution in [0.1, 0.15) is 74.1 Å². The Morgan fingerprint density at radius 2 is 1.69 bits per heavy atom. The molecule has 1 saturated carbocycles. The van der Waals surface area contributed by atoms with Crippen LogP contribution >= 0.6 is 0 Å². The van der Waals surface area contributed by atoms with Crippen LogP contribution < -0.4 is 0 Å². The zero-order chi connectivity index (χ0) is 18.4. The van der Waals surface area contributed by atoms with Crippen molar-refractivity contribution in [2.24, 2.45) is 5.92 Å². The number of aryl methyl sites for hydroxylation is 2. The fraction of sp³-hybridized carbons (Fsp3) is 0.440. The van der Waals surface area contributed by atoms with Gasteiger partial charge < -0.3 is 0 Å². The Bertz CT molecular complexity index is 768. The van der Waals surface area contributed by atoms with Gasteiger partial charge in [-0.3, -0.25) is 0 Å². The third-order valence-electron chi connectivity index (χ3n) is 5.58. The summed E-state index contributed by atoms with van der Waals surface area (Å²) in [5.41, 5.74) is 4.49. The highest BCUT2D eigenvalue weighted by molar-refractivity contribution is 5.37. The van der Waals surface area contributed by atoms with Crippen LogP contribution in [0.25, 0.3) is 0 Å². The van der Waals surface area contributed by atoms with E-state index in [1.807, 2.05) is 12.1 Å². The van der Waals surface area contributed by atoms with E-state index in [9.17, 15) is 4.39 Å². The zero-order valence-electron chi connectivity index (χ0n) is 16.0. The molecule has 1 aliphatic carbocycles. The molecule has 26 heavy (non-hydrogen) atoms. The molecule has 0 unspecified atom stereocenters. The summed E-state index contributed by atoms with van der Waals surface area (Å²) in [6, 6.07) is 14.6. The molecule has 0 radical (unpaired) electrons. The summed E-state index contributed by atoms with van der Waals surface area (Å²) in [6.45, 7) is 4.27. The zero-order valence-corrected chi connectivity index (χ0v) is 16.0. The van der Waals surface area contributed by atoms with E-state index in [2.05, 4.69) is 50.0 Å². The summed E-state index contributed by atoms with van der Waals surface area (Å²) in [4.78, 5) is 0. The van der Waals surface area contributed by atoms with Crippen LogP contribution in [0.2, 0.25) is 0 Å². The molecule has 1 heteroatoms. The van der Waals surface area contributed by atoms with Crippen LogP contribution in [0.3, 0.4) is 0 Å². The van der Waals surface area contributed by atoms with Crippen molar-refractivity contribution in [1.29, 1.82) is 0 Å². The smallest absolute Gasteiger partial charge is 0.127 e. The Morgan fingerprint density at radius 3 is 2.31 bits per heavy atom. The van der Waals surface area contributed by atoms with Gasteiger partial charge >= 0.3 is 0 Å². The van der Waals surface area contributed by atoms with Gasteiger partial charge in [-0.2, -0.15) is 0 Å². The number of hydrogen-bond acceptors (Lipinski definition) is 0. The van der Waals surface area contributed by atoms with Crippen LogP contribution in [-0.4, -0.2) is 0 Å². The maximum absolute atomic E-state index is 14.0. The van der Waals surface area contributed by atoms with E-state index in [0.29, 0.717) is 11.8 Å². The highest BCUT2D eigenvalue weighted by Gasteiger charge is 2.21. The predicted octanol–water partition coefficient (Wildman–Crippen LogP) is 6.67. The standard InChI is InChI=1S/C25H29F/c1-3-5-24-17-12-21(18-25(24)26)7-6-20-10-15-23(16-11-20)22-13-8-19(4-2)9-14-22/h8-9,12-14,17-18,20,23H,3-5,10-11,15-16H2,1-2H3. The largest absolute Gasteiger partial charge is 0.207 e. The van der Waals surface area contributed by atoms with E-state index < -0.39 is 0 Å². The van der Waals surface area contributed by atoms with E-state index >= 15 is 0 Å². The molecule has 0 N–H and O–H groups in total. The molecule has 136 valence electrons. The summed E-state index contributed by atoms with van der Waals surface area (Å²) in [5, 5.41) is 0. The average molecular weight is 349 g/mol. The van der Waals surface area contributed by atoms with Gasteiger partial charge in [-0.15, -0.1) is 0 Å². The van der Waals surface area contributed by atoms with Crippen molar-refractivity contribution in [1.82, 2.24) is 0 Å². The van der Waals surface area contributed by atoms with Gasteiger partial charge in [0.1, 0.15) is 5.82 Å². The summed E-state index contributed by atoms with van der Waals surface area (Å²) < 4.78 is 14.0. The van der Waals surface area contributed by atoms with Crippen LogP contribution in [0.15, 0.2) is 42.5 Å². The van der Waals surface area contributed by atoms with Gasteiger partial charge in [0.25, 0.3) is 0 Å². The molecule has 2 aromatic carbocycles. The lowest BCUT2D eigenvalue weighted by Gasteiger charge is -2.26. The average Bonchev–Trinajstić information content (AvgIpc) is 2.69. The first-order valence-electron chi connectivity index (χ1n) is 10.1. The van der Waals surface area contributed by atoms with Crippen LogP contribution in [0.4, 0.5) is 4.39 Å². The Morgan fingerprint density at radius 1 is 0.962 bits per heavy atom. The topological polar surface area (TPSA) is 0 Å². The van der Waals surface area contributed by atoms with Crippen molar-refractivity contribution >= 4 is 0 Å². The summed E-state index contributed by atoms with van der Waals surface area (Å²) in [5.74, 6) is 7.60. The normalized spacial score (nSPS) is 19.7. The first kappa shape index (κ1) is 18.7. The second kappa shape index (κ2) is 9.04. The molecule has 0 bridgehead atoms. The molecule has 0 atom stereocenters. The van der Waals surface area contributed by atoms with E-state index in [4.69, 9.17) is 0 Å². The molecule has 3 rings (SSSR count). The van der Waals surface area contributed by atoms with Crippen molar-refractivity contribution in [3.05, 3.63) is 70.5 Å². The van der Waals surface area contributed by atoms with Gasteiger partial charge in [0.2, 0.25) is 0 Å². The lowest BCUT2D eigenvalue weighted by molar-refractivity contribution is 0.384. The van der Waals surface area contributed by atoms with E-state index in [1.54, 1.807) is 6.07 Å². The van der Waals surface area contributed by atoms with Crippen molar-refractivity contribution in [3.8, 4) is 11.8 Å². The predicted molar refractivity (Wildman–Crippen MR) is 108 cm³/mol. The maximum Gasteiger partial charge on any atom is 0.127 e. The Balaban J connectivity index is 1.57. The van der Waals surface area contributed by atoms with Crippen molar-refractivity contribution in [2.45, 2.75) is 64.7 Å². The molecule has 0 aromatic heterocycles. The highest BCUT2D eigenvalue weighted by Crippen LogP contribution is 2.35. The number of hydrogen-bond donors (Lipinski definition) is 0. The lowest BCUT2D eigenvalue weighted by atomic mass is 9.79. The molecule has 2 aromatic rings. The fourth-order valence-electron chi connectivity index (χ4n) is 3.88. The number of benzene rings is 2. The third-order valence-corrected chi connectivity index (χ3v) is 5.58. The fourth-order valence-corrected chi connectivity index (χ4v) is 3.88. The highest BCUT2D eigenvalue weighted by atomic mass is 19.1. The molecule has 0 saturated heterocycles.